The number of amides is 1. The molecule has 1 fully saturated rings. The van der Waals surface area contributed by atoms with Crippen LogP contribution in [0.5, 0.6) is 0 Å². The van der Waals surface area contributed by atoms with Crippen LogP contribution < -0.4 is 10.2 Å². The third-order valence-electron chi connectivity index (χ3n) is 4.43. The Morgan fingerprint density at radius 2 is 2.00 bits per heavy atom. The highest BCUT2D eigenvalue weighted by atomic mass is 16.2. The minimum atomic E-state index is 0.246. The minimum Gasteiger partial charge on any atom is -0.352 e. The molecule has 0 bridgehead atoms. The molecule has 8 heteroatoms. The number of nitrogens with zero attached hydrogens (tertiary/aromatic N) is 6. The summed E-state index contributed by atoms with van der Waals surface area (Å²) in [5.41, 5.74) is 0.850. The zero-order chi connectivity index (χ0) is 17.1. The first-order valence-electron chi connectivity index (χ1n) is 8.44. The standard InChI is InChI=1S/C16H25N7O/c1-12-19-15-13(11-18-21(15)3)16(20-12)23-9-7-22(8-10-23)14(24)5-4-6-17-2/h11,17H,4-10H2,1-3H3. The average Bonchev–Trinajstić information content (AvgIpc) is 2.95. The number of carbonyl (C=O) groups excluding carboxylic acids is 1. The summed E-state index contributed by atoms with van der Waals surface area (Å²) in [6, 6.07) is 0. The van der Waals surface area contributed by atoms with Crippen LogP contribution in [0.1, 0.15) is 18.7 Å². The van der Waals surface area contributed by atoms with E-state index in [2.05, 4.69) is 25.3 Å². The SMILES string of the molecule is CNCCCC(=O)N1CCN(c2nc(C)nc3c2cnn3C)CC1. The molecular weight excluding hydrogens is 306 g/mol. The normalized spacial score (nSPS) is 15.3. The lowest BCUT2D eigenvalue weighted by Crippen LogP contribution is -2.49. The Bertz CT molecular complexity index is 719. The van der Waals surface area contributed by atoms with Crippen molar-refractivity contribution in [3.05, 3.63) is 12.0 Å². The Morgan fingerprint density at radius 3 is 2.71 bits per heavy atom. The fourth-order valence-electron chi connectivity index (χ4n) is 3.10. The van der Waals surface area contributed by atoms with Gasteiger partial charge in [-0.1, -0.05) is 0 Å². The van der Waals surface area contributed by atoms with Gasteiger partial charge in [0.1, 0.15) is 11.6 Å². The van der Waals surface area contributed by atoms with Gasteiger partial charge in [0.05, 0.1) is 11.6 Å². The number of hydrogen-bond donors (Lipinski definition) is 1. The fourth-order valence-corrected chi connectivity index (χ4v) is 3.10. The third-order valence-corrected chi connectivity index (χ3v) is 4.43. The van der Waals surface area contributed by atoms with E-state index in [4.69, 9.17) is 0 Å². The van der Waals surface area contributed by atoms with E-state index in [-0.39, 0.29) is 5.91 Å². The predicted octanol–water partition coefficient (Wildman–Crippen LogP) is 0.320. The Balaban J connectivity index is 1.68. The van der Waals surface area contributed by atoms with Crippen molar-refractivity contribution in [3.63, 3.8) is 0 Å². The summed E-state index contributed by atoms with van der Waals surface area (Å²) in [5.74, 6) is 1.91. The monoisotopic (exact) mass is 331 g/mol. The van der Waals surface area contributed by atoms with Crippen LogP contribution >= 0.6 is 0 Å². The van der Waals surface area contributed by atoms with E-state index in [1.165, 1.54) is 0 Å². The molecule has 3 heterocycles. The highest BCUT2D eigenvalue weighted by Gasteiger charge is 2.23. The first-order valence-corrected chi connectivity index (χ1v) is 8.44. The maximum absolute atomic E-state index is 12.2. The Morgan fingerprint density at radius 1 is 1.25 bits per heavy atom. The number of carbonyl (C=O) groups is 1. The Labute approximate surface area is 141 Å². The van der Waals surface area contributed by atoms with Crippen LogP contribution in [0.15, 0.2) is 6.20 Å². The van der Waals surface area contributed by atoms with Gasteiger partial charge in [-0.25, -0.2) is 9.97 Å². The van der Waals surface area contributed by atoms with Crippen molar-refractivity contribution in [1.82, 2.24) is 30.0 Å². The van der Waals surface area contributed by atoms with Crippen molar-refractivity contribution in [2.45, 2.75) is 19.8 Å². The average molecular weight is 331 g/mol. The first kappa shape index (κ1) is 16.6. The second-order valence-corrected chi connectivity index (χ2v) is 6.17. The highest BCUT2D eigenvalue weighted by molar-refractivity contribution is 5.87. The smallest absolute Gasteiger partial charge is 0.222 e. The van der Waals surface area contributed by atoms with Gasteiger partial charge in [-0.15, -0.1) is 0 Å². The number of hydrogen-bond acceptors (Lipinski definition) is 6. The summed E-state index contributed by atoms with van der Waals surface area (Å²) in [6.07, 6.45) is 3.32. The molecular formula is C16H25N7O. The molecule has 130 valence electrons. The maximum Gasteiger partial charge on any atom is 0.222 e. The second kappa shape index (κ2) is 7.12. The van der Waals surface area contributed by atoms with E-state index in [9.17, 15) is 4.79 Å². The van der Waals surface area contributed by atoms with Gasteiger partial charge in [0.25, 0.3) is 0 Å². The number of anilines is 1. The van der Waals surface area contributed by atoms with Crippen LogP contribution in [-0.2, 0) is 11.8 Å². The number of aromatic nitrogens is 4. The molecule has 0 radical (unpaired) electrons. The molecule has 1 aliphatic rings. The molecule has 0 spiro atoms. The van der Waals surface area contributed by atoms with E-state index in [0.717, 1.165) is 61.8 Å². The van der Waals surface area contributed by atoms with E-state index in [1.807, 2.05) is 32.1 Å². The van der Waals surface area contributed by atoms with E-state index in [0.29, 0.717) is 6.42 Å². The Hall–Kier alpha value is -2.22. The first-order chi connectivity index (χ1) is 11.6. The zero-order valence-corrected chi connectivity index (χ0v) is 14.6. The molecule has 0 aliphatic carbocycles. The molecule has 1 amide bonds. The summed E-state index contributed by atoms with van der Waals surface area (Å²) in [5, 5.41) is 8.34. The van der Waals surface area contributed by atoms with Gasteiger partial charge in [0, 0.05) is 39.6 Å². The molecule has 8 nitrogen and oxygen atoms in total. The molecule has 1 aliphatic heterocycles. The molecule has 1 saturated heterocycles. The molecule has 0 saturated carbocycles. The van der Waals surface area contributed by atoms with Crippen molar-refractivity contribution >= 4 is 22.8 Å². The quantitative estimate of drug-likeness (QED) is 0.795. The van der Waals surface area contributed by atoms with Gasteiger partial charge >= 0.3 is 0 Å². The van der Waals surface area contributed by atoms with Crippen molar-refractivity contribution in [1.29, 1.82) is 0 Å². The van der Waals surface area contributed by atoms with Crippen molar-refractivity contribution in [3.8, 4) is 0 Å². The summed E-state index contributed by atoms with van der Waals surface area (Å²) >= 11 is 0. The van der Waals surface area contributed by atoms with Crippen molar-refractivity contribution < 1.29 is 4.79 Å². The summed E-state index contributed by atoms with van der Waals surface area (Å²) in [7, 11) is 3.80. The Kier molecular flexibility index (Phi) is 4.94. The predicted molar refractivity (Wildman–Crippen MR) is 93.0 cm³/mol. The van der Waals surface area contributed by atoms with Gasteiger partial charge in [-0.2, -0.15) is 5.10 Å². The van der Waals surface area contributed by atoms with Gasteiger partial charge < -0.3 is 15.1 Å². The van der Waals surface area contributed by atoms with Crippen LogP contribution in [0.4, 0.5) is 5.82 Å². The molecule has 3 rings (SSSR count). The lowest BCUT2D eigenvalue weighted by Gasteiger charge is -2.35. The van der Waals surface area contributed by atoms with Crippen LogP contribution in [0, 0.1) is 6.92 Å². The van der Waals surface area contributed by atoms with E-state index in [1.54, 1.807) is 4.68 Å². The van der Waals surface area contributed by atoms with Crippen LogP contribution in [0.2, 0.25) is 0 Å². The molecule has 2 aromatic heterocycles. The highest BCUT2D eigenvalue weighted by Crippen LogP contribution is 2.24. The number of piperazine rings is 1. The second-order valence-electron chi connectivity index (χ2n) is 6.17. The van der Waals surface area contributed by atoms with E-state index >= 15 is 0 Å². The van der Waals surface area contributed by atoms with Crippen molar-refractivity contribution in [2.24, 2.45) is 7.05 Å². The van der Waals surface area contributed by atoms with E-state index < -0.39 is 0 Å². The number of rotatable bonds is 5. The largest absolute Gasteiger partial charge is 0.352 e. The third kappa shape index (κ3) is 3.33. The van der Waals surface area contributed by atoms with Crippen molar-refractivity contribution in [2.75, 3.05) is 44.7 Å². The molecule has 1 N–H and O–H groups in total. The van der Waals surface area contributed by atoms with Crippen LogP contribution in [0.25, 0.3) is 11.0 Å². The number of nitrogens with one attached hydrogen (secondary N) is 1. The topological polar surface area (TPSA) is 79.2 Å². The fraction of sp³-hybridized carbons (Fsp3) is 0.625. The molecule has 0 aromatic carbocycles. The summed E-state index contributed by atoms with van der Waals surface area (Å²) in [6.45, 7) is 5.84. The lowest BCUT2D eigenvalue weighted by molar-refractivity contribution is -0.131. The molecule has 24 heavy (non-hydrogen) atoms. The van der Waals surface area contributed by atoms with Gasteiger partial charge in [-0.3, -0.25) is 9.48 Å². The van der Waals surface area contributed by atoms with Gasteiger partial charge in [-0.05, 0) is 26.9 Å². The lowest BCUT2D eigenvalue weighted by atomic mass is 10.2. The van der Waals surface area contributed by atoms with Gasteiger partial charge in [0.15, 0.2) is 5.65 Å². The molecule has 2 aromatic rings. The number of aryl methyl sites for hydroxylation is 2. The maximum atomic E-state index is 12.2. The number of fused-ring (bicyclic) bond motifs is 1. The summed E-state index contributed by atoms with van der Waals surface area (Å²) in [4.78, 5) is 25.5. The van der Waals surface area contributed by atoms with Crippen LogP contribution in [0.3, 0.4) is 0 Å². The van der Waals surface area contributed by atoms with Gasteiger partial charge in [0.2, 0.25) is 5.91 Å². The molecule has 0 atom stereocenters. The minimum absolute atomic E-state index is 0.246. The zero-order valence-electron chi connectivity index (χ0n) is 14.6. The molecule has 0 unspecified atom stereocenters. The van der Waals surface area contributed by atoms with Crippen LogP contribution in [-0.4, -0.2) is 70.3 Å². The summed E-state index contributed by atoms with van der Waals surface area (Å²) < 4.78 is 1.77.